The Bertz CT molecular complexity index is 830. The number of nitrogens with zero attached hydrogens (tertiary/aromatic N) is 1. The van der Waals surface area contributed by atoms with Gasteiger partial charge in [-0.05, 0) is 38.5 Å². The number of quaternary nitrogens is 1. The molecule has 0 aromatic rings. The van der Waals surface area contributed by atoms with Gasteiger partial charge in [0.05, 0.1) is 27.7 Å². The number of phosphoric acid groups is 1. The fourth-order valence-electron chi connectivity index (χ4n) is 5.01. The molecule has 0 radical (unpaired) electrons. The number of hydrogen-bond acceptors (Lipinski definition) is 7. The highest BCUT2D eigenvalue weighted by molar-refractivity contribution is 7.47. The molecule has 0 rings (SSSR count). The van der Waals surface area contributed by atoms with Gasteiger partial charge in [0.25, 0.3) is 0 Å². The number of carbonyl (C=O) groups excluding carboxylic acids is 2. The minimum absolute atomic E-state index is 0.0326. The van der Waals surface area contributed by atoms with Gasteiger partial charge in [0.15, 0.2) is 6.10 Å². The minimum Gasteiger partial charge on any atom is -0.462 e. The van der Waals surface area contributed by atoms with Crippen molar-refractivity contribution in [2.24, 2.45) is 0 Å². The van der Waals surface area contributed by atoms with Gasteiger partial charge in [0, 0.05) is 12.8 Å². The topological polar surface area (TPSA) is 108 Å². The molecule has 0 aliphatic heterocycles. The summed E-state index contributed by atoms with van der Waals surface area (Å²) in [5, 5.41) is 0. The largest absolute Gasteiger partial charge is 0.472 e. The predicted octanol–water partition coefficient (Wildman–Crippen LogP) is 9.85. The summed E-state index contributed by atoms with van der Waals surface area (Å²) < 4.78 is 34.1. The summed E-state index contributed by atoms with van der Waals surface area (Å²) in [5.74, 6) is -0.808. The number of unbranched alkanes of at least 4 members (excludes halogenated alkanes) is 18. The van der Waals surface area contributed by atoms with E-state index in [1.165, 1.54) is 77.0 Å². The van der Waals surface area contributed by atoms with Crippen LogP contribution in [0.2, 0.25) is 0 Å². The average molecular weight is 691 g/mol. The third-order valence-corrected chi connectivity index (χ3v) is 9.03. The first-order valence-corrected chi connectivity index (χ1v) is 20.4. The van der Waals surface area contributed by atoms with Crippen molar-refractivity contribution in [2.45, 2.75) is 168 Å². The third-order valence-electron chi connectivity index (χ3n) is 8.05. The van der Waals surface area contributed by atoms with E-state index < -0.39 is 26.5 Å². The molecule has 278 valence electrons. The number of allylic oxidation sites excluding steroid dienone is 2. The van der Waals surface area contributed by atoms with Crippen molar-refractivity contribution in [3.63, 3.8) is 0 Å². The Balaban J connectivity index is 4.46. The fourth-order valence-corrected chi connectivity index (χ4v) is 5.75. The second kappa shape index (κ2) is 30.8. The summed E-state index contributed by atoms with van der Waals surface area (Å²) in [6.07, 6.45) is 28.3. The van der Waals surface area contributed by atoms with Gasteiger partial charge in [-0.3, -0.25) is 18.6 Å². The second-order valence-electron chi connectivity index (χ2n) is 14.0. The van der Waals surface area contributed by atoms with Gasteiger partial charge in [-0.1, -0.05) is 122 Å². The lowest BCUT2D eigenvalue weighted by Gasteiger charge is -2.24. The molecule has 0 aliphatic carbocycles. The van der Waals surface area contributed by atoms with Crippen molar-refractivity contribution in [3.05, 3.63) is 12.2 Å². The van der Waals surface area contributed by atoms with Gasteiger partial charge in [-0.15, -0.1) is 0 Å². The molecule has 47 heavy (non-hydrogen) atoms. The fraction of sp³-hybridized carbons (Fsp3) is 0.892. The molecule has 0 saturated heterocycles. The van der Waals surface area contributed by atoms with E-state index in [2.05, 4.69) is 26.0 Å². The Morgan fingerprint density at radius 1 is 0.638 bits per heavy atom. The van der Waals surface area contributed by atoms with Crippen LogP contribution in [-0.4, -0.2) is 74.9 Å². The molecular weight excluding hydrogens is 617 g/mol. The predicted molar refractivity (Wildman–Crippen MR) is 192 cm³/mol. The van der Waals surface area contributed by atoms with Crippen molar-refractivity contribution in [3.8, 4) is 0 Å². The number of hydrogen-bond donors (Lipinski definition) is 1. The van der Waals surface area contributed by atoms with E-state index in [4.69, 9.17) is 18.5 Å². The van der Waals surface area contributed by atoms with Gasteiger partial charge in [0.1, 0.15) is 19.8 Å². The van der Waals surface area contributed by atoms with E-state index in [0.29, 0.717) is 23.9 Å². The van der Waals surface area contributed by atoms with Crippen molar-refractivity contribution >= 4 is 19.8 Å². The smallest absolute Gasteiger partial charge is 0.462 e. The summed E-state index contributed by atoms with van der Waals surface area (Å²) in [6, 6.07) is 0. The second-order valence-corrected chi connectivity index (χ2v) is 15.4. The van der Waals surface area contributed by atoms with E-state index in [9.17, 15) is 19.0 Å². The number of likely N-dealkylation sites (N-methyl/N-ethyl adjacent to an activating group) is 1. The third kappa shape index (κ3) is 34.4. The van der Waals surface area contributed by atoms with Gasteiger partial charge < -0.3 is 18.9 Å². The molecule has 0 amide bonds. The van der Waals surface area contributed by atoms with Crippen LogP contribution < -0.4 is 0 Å². The highest BCUT2D eigenvalue weighted by Gasteiger charge is 2.27. The quantitative estimate of drug-likeness (QED) is 0.0234. The molecule has 1 N–H and O–H groups in total. The maximum Gasteiger partial charge on any atom is 0.472 e. The average Bonchev–Trinajstić information content (AvgIpc) is 3.01. The van der Waals surface area contributed by atoms with E-state index in [1.807, 2.05) is 21.1 Å². The van der Waals surface area contributed by atoms with Crippen molar-refractivity contribution in [2.75, 3.05) is 47.5 Å². The first-order chi connectivity index (χ1) is 22.5. The highest BCUT2D eigenvalue weighted by atomic mass is 31.2. The van der Waals surface area contributed by atoms with Crippen LogP contribution in [0.1, 0.15) is 162 Å². The van der Waals surface area contributed by atoms with Crippen LogP contribution >= 0.6 is 7.82 Å². The molecular formula is C37H73NO8P+. The Morgan fingerprint density at radius 3 is 1.60 bits per heavy atom. The summed E-state index contributed by atoms with van der Waals surface area (Å²) in [7, 11) is 1.47. The lowest BCUT2D eigenvalue weighted by atomic mass is 10.1. The van der Waals surface area contributed by atoms with Crippen LogP contribution in [0.4, 0.5) is 0 Å². The van der Waals surface area contributed by atoms with Crippen molar-refractivity contribution in [1.82, 2.24) is 0 Å². The Kier molecular flexibility index (Phi) is 30.0. The molecule has 2 atom stereocenters. The highest BCUT2D eigenvalue weighted by Crippen LogP contribution is 2.43. The Labute approximate surface area is 288 Å². The molecule has 0 aliphatic rings. The lowest BCUT2D eigenvalue weighted by Crippen LogP contribution is -2.37. The maximum absolute atomic E-state index is 12.6. The molecule has 1 unspecified atom stereocenters. The molecule has 0 fully saturated rings. The molecule has 10 heteroatoms. The molecule has 0 aromatic heterocycles. The normalized spacial score (nSPS) is 13.9. The van der Waals surface area contributed by atoms with Gasteiger partial charge >= 0.3 is 19.8 Å². The first-order valence-electron chi connectivity index (χ1n) is 18.9. The van der Waals surface area contributed by atoms with E-state index >= 15 is 0 Å². The summed E-state index contributed by atoms with van der Waals surface area (Å²) in [4.78, 5) is 35.1. The minimum atomic E-state index is -4.36. The van der Waals surface area contributed by atoms with Crippen LogP contribution in [-0.2, 0) is 32.7 Å². The SMILES string of the molecule is CCCCCC/C=C/CCCCCCCC(=O)O[C@H](COC(=O)CCCCCCCCCCCC)COP(=O)(O)OCC[N+](C)(C)C. The summed E-state index contributed by atoms with van der Waals surface area (Å²) in [5.41, 5.74) is 0. The zero-order valence-electron chi connectivity index (χ0n) is 31.0. The maximum atomic E-state index is 12.6. The molecule has 9 nitrogen and oxygen atoms in total. The first kappa shape index (κ1) is 45.8. The molecule has 0 spiro atoms. The van der Waals surface area contributed by atoms with Crippen LogP contribution in [0.25, 0.3) is 0 Å². The zero-order chi connectivity index (χ0) is 35.1. The van der Waals surface area contributed by atoms with Gasteiger partial charge in [-0.25, -0.2) is 4.57 Å². The van der Waals surface area contributed by atoms with Crippen LogP contribution in [0.3, 0.4) is 0 Å². The van der Waals surface area contributed by atoms with E-state index in [0.717, 1.165) is 51.4 Å². The van der Waals surface area contributed by atoms with Crippen molar-refractivity contribution < 1.29 is 42.1 Å². The lowest BCUT2D eigenvalue weighted by molar-refractivity contribution is -0.870. The number of phosphoric ester groups is 1. The summed E-state index contributed by atoms with van der Waals surface area (Å²) >= 11 is 0. The number of rotatable bonds is 34. The van der Waals surface area contributed by atoms with Gasteiger partial charge in [-0.2, -0.15) is 0 Å². The van der Waals surface area contributed by atoms with Crippen LogP contribution in [0.5, 0.6) is 0 Å². The molecule has 0 saturated carbocycles. The van der Waals surface area contributed by atoms with Gasteiger partial charge in [0.2, 0.25) is 0 Å². The standard InChI is InChI=1S/C37H72NO8P/c1-6-8-10-12-14-16-18-19-20-22-24-26-28-30-37(40)46-35(34-45-47(41,42)44-32-31-38(3,4)5)33-43-36(39)29-27-25-23-21-17-15-13-11-9-7-2/h16,18,35H,6-15,17,19-34H2,1-5H3/p+1/b18-16+/t35-/m1/s1. The Hall–Kier alpha value is -1.25. The number of carbonyl (C=O) groups is 2. The molecule has 0 bridgehead atoms. The van der Waals surface area contributed by atoms with E-state index in [1.54, 1.807) is 0 Å². The van der Waals surface area contributed by atoms with E-state index in [-0.39, 0.29) is 25.6 Å². The van der Waals surface area contributed by atoms with Crippen molar-refractivity contribution in [1.29, 1.82) is 0 Å². The molecule has 0 aromatic carbocycles. The summed E-state index contributed by atoms with van der Waals surface area (Å²) in [6.45, 7) is 4.37. The number of esters is 2. The molecule has 0 heterocycles. The zero-order valence-corrected chi connectivity index (χ0v) is 31.9. The van der Waals surface area contributed by atoms with Crippen LogP contribution in [0, 0.1) is 0 Å². The van der Waals surface area contributed by atoms with Crippen LogP contribution in [0.15, 0.2) is 12.2 Å². The Morgan fingerprint density at radius 2 is 1.09 bits per heavy atom. The number of ether oxygens (including phenoxy) is 2. The monoisotopic (exact) mass is 691 g/mol.